The summed E-state index contributed by atoms with van der Waals surface area (Å²) in [6.45, 7) is 8.38. The molecule has 18 heavy (non-hydrogen) atoms. The molecule has 3 heteroatoms. The minimum absolute atomic E-state index is 0.0323. The van der Waals surface area contributed by atoms with Crippen LogP contribution in [0, 0.1) is 17.8 Å². The van der Waals surface area contributed by atoms with Gasteiger partial charge in [-0.3, -0.25) is 4.79 Å². The summed E-state index contributed by atoms with van der Waals surface area (Å²) in [6.07, 6.45) is 5.40. The fraction of sp³-hybridized carbons (Fsp3) is 0.667. The largest absolute Gasteiger partial charge is 0.460 e. The quantitative estimate of drug-likeness (QED) is 0.388. The molecular formula is C15H19BrO2. The summed E-state index contributed by atoms with van der Waals surface area (Å²) in [7, 11) is 0. The van der Waals surface area contributed by atoms with Crippen LogP contribution in [0.15, 0.2) is 23.8 Å². The Morgan fingerprint density at radius 3 is 3.00 bits per heavy atom. The van der Waals surface area contributed by atoms with Crippen LogP contribution >= 0.6 is 15.9 Å². The number of rotatable bonds is 0. The molecule has 0 spiro atoms. The van der Waals surface area contributed by atoms with E-state index in [0.717, 1.165) is 19.3 Å². The standard InChI is InChI=1S/C15H19BrO2/c1-8-5-7-11-13(18-14(17)15(11,3)16)12-9(2)4-6-10(8)12/h4,10-13H,1,5-7H2,2-3H3/t10-,11+,12-,13-,15+/m0/s1. The molecule has 0 radical (unpaired) electrons. The third kappa shape index (κ3) is 1.56. The van der Waals surface area contributed by atoms with E-state index in [1.54, 1.807) is 0 Å². The van der Waals surface area contributed by atoms with Gasteiger partial charge >= 0.3 is 5.97 Å². The summed E-state index contributed by atoms with van der Waals surface area (Å²) in [6, 6.07) is 0. The molecule has 3 aliphatic rings. The number of ether oxygens (including phenoxy) is 1. The highest BCUT2D eigenvalue weighted by Crippen LogP contribution is 2.53. The maximum absolute atomic E-state index is 12.0. The Bertz CT molecular complexity index is 449. The van der Waals surface area contributed by atoms with Crippen LogP contribution < -0.4 is 0 Å². The van der Waals surface area contributed by atoms with Gasteiger partial charge in [0.05, 0.1) is 0 Å². The first kappa shape index (κ1) is 12.5. The van der Waals surface area contributed by atoms with Crippen molar-refractivity contribution in [1.82, 2.24) is 0 Å². The molecule has 0 aromatic rings. The average Bonchev–Trinajstić information content (AvgIpc) is 2.71. The lowest BCUT2D eigenvalue weighted by Crippen LogP contribution is -2.35. The van der Waals surface area contributed by atoms with Gasteiger partial charge in [-0.05, 0) is 39.0 Å². The monoisotopic (exact) mass is 310 g/mol. The third-order valence-corrected chi connectivity index (χ3v) is 5.95. The molecule has 1 heterocycles. The first-order valence-corrected chi connectivity index (χ1v) is 7.46. The zero-order chi connectivity index (χ0) is 13.1. The van der Waals surface area contributed by atoms with Crippen molar-refractivity contribution in [3.05, 3.63) is 23.8 Å². The predicted octanol–water partition coefficient (Wildman–Crippen LogP) is 3.61. The van der Waals surface area contributed by atoms with Crippen molar-refractivity contribution in [1.29, 1.82) is 0 Å². The van der Waals surface area contributed by atoms with Gasteiger partial charge in [0.15, 0.2) is 0 Å². The lowest BCUT2D eigenvalue weighted by molar-refractivity contribution is -0.144. The molecule has 0 unspecified atom stereocenters. The first-order valence-electron chi connectivity index (χ1n) is 6.67. The van der Waals surface area contributed by atoms with E-state index >= 15 is 0 Å². The van der Waals surface area contributed by atoms with Gasteiger partial charge in [-0.2, -0.15) is 0 Å². The highest BCUT2D eigenvalue weighted by Gasteiger charge is 2.57. The first-order chi connectivity index (χ1) is 8.43. The van der Waals surface area contributed by atoms with Gasteiger partial charge < -0.3 is 4.74 Å². The highest BCUT2D eigenvalue weighted by atomic mass is 79.9. The zero-order valence-electron chi connectivity index (χ0n) is 10.9. The van der Waals surface area contributed by atoms with Crippen molar-refractivity contribution in [2.75, 3.05) is 0 Å². The molecular weight excluding hydrogens is 292 g/mol. The summed E-state index contributed by atoms with van der Waals surface area (Å²) >= 11 is 3.60. The second kappa shape index (κ2) is 3.96. The summed E-state index contributed by atoms with van der Waals surface area (Å²) in [5, 5.41) is 0. The summed E-state index contributed by atoms with van der Waals surface area (Å²) in [4.78, 5) is 12.0. The SMILES string of the molecule is C=C1CC[C@@H]2[C@H](OC(=O)[C@]2(C)Br)[C@H]2C(C)=CC[C@@H]12. The molecule has 98 valence electrons. The fourth-order valence-corrected chi connectivity index (χ4v) is 4.47. The summed E-state index contributed by atoms with van der Waals surface area (Å²) in [5.74, 6) is 1.00. The zero-order valence-corrected chi connectivity index (χ0v) is 12.5. The molecule has 1 aliphatic heterocycles. The average molecular weight is 311 g/mol. The predicted molar refractivity (Wildman–Crippen MR) is 74.4 cm³/mol. The Morgan fingerprint density at radius 1 is 1.56 bits per heavy atom. The Hall–Kier alpha value is -0.570. The Labute approximate surface area is 117 Å². The molecule has 3 rings (SSSR count). The topological polar surface area (TPSA) is 26.3 Å². The molecule has 0 amide bonds. The molecule has 2 nitrogen and oxygen atoms in total. The minimum atomic E-state index is -0.518. The van der Waals surface area contributed by atoms with Gasteiger partial charge in [-0.15, -0.1) is 0 Å². The molecule has 0 N–H and O–H groups in total. The number of allylic oxidation sites excluding steroid dienone is 2. The second-order valence-electron chi connectivity index (χ2n) is 6.07. The van der Waals surface area contributed by atoms with Crippen molar-refractivity contribution in [2.24, 2.45) is 17.8 Å². The van der Waals surface area contributed by atoms with E-state index in [9.17, 15) is 4.79 Å². The van der Waals surface area contributed by atoms with Crippen LogP contribution in [0.5, 0.6) is 0 Å². The van der Waals surface area contributed by atoms with E-state index in [1.165, 1.54) is 11.1 Å². The lowest BCUT2D eigenvalue weighted by Gasteiger charge is -2.28. The van der Waals surface area contributed by atoms with Crippen LogP contribution in [0.3, 0.4) is 0 Å². The van der Waals surface area contributed by atoms with E-state index in [4.69, 9.17) is 4.74 Å². The third-order valence-electron chi connectivity index (χ3n) is 5.04. The van der Waals surface area contributed by atoms with Gasteiger partial charge in [-0.1, -0.05) is 39.7 Å². The van der Waals surface area contributed by atoms with E-state index in [2.05, 4.69) is 35.5 Å². The number of carbonyl (C=O) groups excluding carboxylic acids is 1. The Morgan fingerprint density at radius 2 is 2.28 bits per heavy atom. The second-order valence-corrected chi connectivity index (χ2v) is 7.71. The van der Waals surface area contributed by atoms with Gasteiger partial charge in [0.2, 0.25) is 0 Å². The van der Waals surface area contributed by atoms with Crippen molar-refractivity contribution in [3.8, 4) is 0 Å². The van der Waals surface area contributed by atoms with Crippen LogP contribution in [0.2, 0.25) is 0 Å². The van der Waals surface area contributed by atoms with Gasteiger partial charge in [0.25, 0.3) is 0 Å². The van der Waals surface area contributed by atoms with Crippen LogP contribution in [0.25, 0.3) is 0 Å². The van der Waals surface area contributed by atoms with Crippen molar-refractivity contribution >= 4 is 21.9 Å². The molecule has 1 saturated heterocycles. The molecule has 0 bridgehead atoms. The van der Waals surface area contributed by atoms with Crippen molar-refractivity contribution < 1.29 is 9.53 Å². The van der Waals surface area contributed by atoms with E-state index in [1.807, 2.05) is 6.92 Å². The van der Waals surface area contributed by atoms with E-state index < -0.39 is 4.32 Å². The number of halogens is 1. The number of hydrogen-bond donors (Lipinski definition) is 0. The number of carbonyl (C=O) groups is 1. The number of fused-ring (bicyclic) bond motifs is 3. The number of alkyl halides is 1. The number of esters is 1. The molecule has 0 aromatic heterocycles. The van der Waals surface area contributed by atoms with Crippen LogP contribution in [0.4, 0.5) is 0 Å². The molecule has 0 aromatic carbocycles. The van der Waals surface area contributed by atoms with Crippen LogP contribution in [-0.2, 0) is 9.53 Å². The normalized spacial score (nSPS) is 47.2. The molecule has 2 fully saturated rings. The van der Waals surface area contributed by atoms with E-state index in [0.29, 0.717) is 11.8 Å². The van der Waals surface area contributed by atoms with Gasteiger partial charge in [-0.25, -0.2) is 0 Å². The lowest BCUT2D eigenvalue weighted by atomic mass is 9.79. The van der Waals surface area contributed by atoms with Crippen molar-refractivity contribution in [3.63, 3.8) is 0 Å². The maximum atomic E-state index is 12.0. The fourth-order valence-electron chi connectivity index (χ4n) is 3.89. The molecule has 2 aliphatic carbocycles. The smallest absolute Gasteiger partial charge is 0.323 e. The summed E-state index contributed by atoms with van der Waals surface area (Å²) < 4.78 is 5.21. The van der Waals surface area contributed by atoms with Crippen LogP contribution in [0.1, 0.15) is 33.1 Å². The van der Waals surface area contributed by atoms with Gasteiger partial charge in [0, 0.05) is 11.8 Å². The number of hydrogen-bond acceptors (Lipinski definition) is 2. The molecule has 1 saturated carbocycles. The highest BCUT2D eigenvalue weighted by molar-refractivity contribution is 9.10. The molecule has 5 atom stereocenters. The maximum Gasteiger partial charge on any atom is 0.323 e. The summed E-state index contributed by atoms with van der Waals surface area (Å²) in [5.41, 5.74) is 2.71. The Kier molecular flexibility index (Phi) is 2.74. The van der Waals surface area contributed by atoms with Crippen molar-refractivity contribution in [2.45, 2.75) is 43.5 Å². The van der Waals surface area contributed by atoms with Crippen LogP contribution in [-0.4, -0.2) is 16.4 Å². The minimum Gasteiger partial charge on any atom is -0.460 e. The Balaban J connectivity index is 2.01. The van der Waals surface area contributed by atoms with Gasteiger partial charge in [0.1, 0.15) is 10.4 Å². The van der Waals surface area contributed by atoms with E-state index in [-0.39, 0.29) is 18.0 Å².